The molecule has 9 nitrogen and oxygen atoms in total. The van der Waals surface area contributed by atoms with E-state index in [-0.39, 0.29) is 19.4 Å². The van der Waals surface area contributed by atoms with Crippen molar-refractivity contribution in [3.63, 3.8) is 0 Å². The number of ether oxygens (including phenoxy) is 1. The van der Waals surface area contributed by atoms with Crippen molar-refractivity contribution in [1.82, 2.24) is 9.62 Å². The van der Waals surface area contributed by atoms with Crippen molar-refractivity contribution in [3.8, 4) is 0 Å². The first-order chi connectivity index (χ1) is 9.64. The number of nitrogens with one attached hydrogen (secondary N) is 1. The maximum atomic E-state index is 11.9. The Kier molecular flexibility index (Phi) is 5.29. The number of carbonyl (C=O) groups excluding carboxylic acids is 2. The Bertz CT molecular complexity index is 533. The molecule has 1 rings (SSSR count). The van der Waals surface area contributed by atoms with Crippen LogP contribution in [0.2, 0.25) is 0 Å². The fourth-order valence-corrected chi connectivity index (χ4v) is 3.70. The number of methoxy groups -OCH3 is 1. The Balaban J connectivity index is 2.86. The van der Waals surface area contributed by atoms with Crippen molar-refractivity contribution in [2.45, 2.75) is 31.3 Å². The minimum atomic E-state index is -4.05. The molecule has 0 radical (unpaired) electrons. The first kappa shape index (κ1) is 17.4. The summed E-state index contributed by atoms with van der Waals surface area (Å²) in [6, 6.07) is -0.526. The number of esters is 1. The monoisotopic (exact) mass is 322 g/mol. The minimum Gasteiger partial charge on any atom is -0.468 e. The molecule has 0 unspecified atom stereocenters. The zero-order valence-electron chi connectivity index (χ0n) is 11.7. The van der Waals surface area contributed by atoms with Gasteiger partial charge in [0, 0.05) is 12.6 Å². The summed E-state index contributed by atoms with van der Waals surface area (Å²) in [6.07, 6.45) is -0.659. The van der Waals surface area contributed by atoms with Gasteiger partial charge in [-0.15, -0.1) is 0 Å². The van der Waals surface area contributed by atoms with Gasteiger partial charge in [-0.3, -0.25) is 4.79 Å². The third kappa shape index (κ3) is 4.39. The van der Waals surface area contributed by atoms with E-state index in [1.807, 2.05) is 0 Å². The van der Waals surface area contributed by atoms with E-state index in [2.05, 4.69) is 9.46 Å². The van der Waals surface area contributed by atoms with Crippen LogP contribution in [0.25, 0.3) is 0 Å². The van der Waals surface area contributed by atoms with Crippen LogP contribution in [0, 0.1) is 0 Å². The second kappa shape index (κ2) is 6.39. The van der Waals surface area contributed by atoms with Gasteiger partial charge in [0.1, 0.15) is 6.29 Å². The molecule has 0 aromatic heterocycles. The summed E-state index contributed by atoms with van der Waals surface area (Å²) in [5, 5.41) is 8.97. The van der Waals surface area contributed by atoms with Crippen LogP contribution in [-0.2, 0) is 24.3 Å². The number of piperidine rings is 1. The molecule has 1 saturated heterocycles. The van der Waals surface area contributed by atoms with Gasteiger partial charge in [-0.1, -0.05) is 0 Å². The number of likely N-dealkylation sites (tertiary alicyclic amines) is 1. The average molecular weight is 322 g/mol. The van der Waals surface area contributed by atoms with Gasteiger partial charge in [-0.2, -0.15) is 0 Å². The molecular formula is C11H18N2O7S. The van der Waals surface area contributed by atoms with Gasteiger partial charge >= 0.3 is 12.1 Å². The molecule has 0 bridgehead atoms. The van der Waals surface area contributed by atoms with Gasteiger partial charge in [0.2, 0.25) is 10.0 Å². The number of hydrogen-bond donors (Lipinski definition) is 2. The SMILES string of the molecule is COC(=O)CS(=O)(=O)N[C@]1(C=O)CCN(C(=O)O)[C@@H](C)C1. The zero-order valence-corrected chi connectivity index (χ0v) is 12.6. The molecular weight excluding hydrogens is 304 g/mol. The lowest BCUT2D eigenvalue weighted by Gasteiger charge is -2.41. The van der Waals surface area contributed by atoms with Crippen molar-refractivity contribution in [3.05, 3.63) is 0 Å². The van der Waals surface area contributed by atoms with Crippen molar-refractivity contribution in [1.29, 1.82) is 0 Å². The van der Waals surface area contributed by atoms with Crippen molar-refractivity contribution in [2.75, 3.05) is 19.4 Å². The molecule has 1 heterocycles. The Morgan fingerprint density at radius 3 is 2.57 bits per heavy atom. The Morgan fingerprint density at radius 2 is 2.14 bits per heavy atom. The average Bonchev–Trinajstić information content (AvgIpc) is 2.36. The molecule has 0 aromatic rings. The Hall–Kier alpha value is -1.68. The maximum absolute atomic E-state index is 11.9. The van der Waals surface area contributed by atoms with E-state index in [4.69, 9.17) is 5.11 Å². The highest BCUT2D eigenvalue weighted by atomic mass is 32.2. The summed E-state index contributed by atoms with van der Waals surface area (Å²) < 4.78 is 30.2. The number of rotatable bonds is 5. The quantitative estimate of drug-likeness (QED) is 0.499. The highest BCUT2D eigenvalue weighted by molar-refractivity contribution is 7.90. The summed E-state index contributed by atoms with van der Waals surface area (Å²) >= 11 is 0. The minimum absolute atomic E-state index is 0.00318. The van der Waals surface area contributed by atoms with Gasteiger partial charge in [0.25, 0.3) is 0 Å². The molecule has 0 spiro atoms. The number of hydrogen-bond acceptors (Lipinski definition) is 6. The summed E-state index contributed by atoms with van der Waals surface area (Å²) in [4.78, 5) is 34.5. The normalized spacial score (nSPS) is 26.2. The Morgan fingerprint density at radius 1 is 1.52 bits per heavy atom. The summed E-state index contributed by atoms with van der Waals surface area (Å²) in [5.41, 5.74) is -1.40. The van der Waals surface area contributed by atoms with E-state index in [0.29, 0.717) is 6.29 Å². The molecule has 120 valence electrons. The second-order valence-corrected chi connectivity index (χ2v) is 6.71. The number of sulfonamides is 1. The third-order valence-electron chi connectivity index (χ3n) is 3.36. The molecule has 1 fully saturated rings. The van der Waals surface area contributed by atoms with E-state index in [9.17, 15) is 22.8 Å². The fourth-order valence-electron chi connectivity index (χ4n) is 2.35. The molecule has 10 heteroatoms. The predicted octanol–water partition coefficient (Wildman–Crippen LogP) is -0.821. The topological polar surface area (TPSA) is 130 Å². The van der Waals surface area contributed by atoms with Crippen LogP contribution in [0.4, 0.5) is 4.79 Å². The molecule has 2 atom stereocenters. The highest BCUT2D eigenvalue weighted by Gasteiger charge is 2.42. The largest absolute Gasteiger partial charge is 0.468 e. The lowest BCUT2D eigenvalue weighted by atomic mass is 9.86. The van der Waals surface area contributed by atoms with Crippen molar-refractivity contribution in [2.24, 2.45) is 0 Å². The van der Waals surface area contributed by atoms with Crippen LogP contribution in [0.5, 0.6) is 0 Å². The van der Waals surface area contributed by atoms with E-state index >= 15 is 0 Å². The van der Waals surface area contributed by atoms with E-state index in [0.717, 1.165) is 12.0 Å². The smallest absolute Gasteiger partial charge is 0.407 e. The van der Waals surface area contributed by atoms with Gasteiger partial charge < -0.3 is 19.5 Å². The molecule has 1 aliphatic heterocycles. The van der Waals surface area contributed by atoms with Gasteiger partial charge in [0.05, 0.1) is 12.6 Å². The number of aldehydes is 1. The molecule has 1 aliphatic rings. The van der Waals surface area contributed by atoms with Crippen LogP contribution in [0.1, 0.15) is 19.8 Å². The molecule has 2 N–H and O–H groups in total. The van der Waals surface area contributed by atoms with Crippen molar-refractivity contribution < 1.29 is 32.6 Å². The summed E-state index contributed by atoms with van der Waals surface area (Å²) in [7, 11) is -2.99. The molecule has 0 aromatic carbocycles. The van der Waals surface area contributed by atoms with Crippen molar-refractivity contribution >= 4 is 28.4 Å². The third-order valence-corrected chi connectivity index (χ3v) is 4.69. The lowest BCUT2D eigenvalue weighted by Crippen LogP contribution is -2.60. The van der Waals surface area contributed by atoms with Crippen LogP contribution in [-0.4, -0.2) is 67.8 Å². The molecule has 0 saturated carbocycles. The first-order valence-corrected chi connectivity index (χ1v) is 7.84. The Labute approximate surface area is 122 Å². The number of carboxylic acid groups (broad SMARTS) is 1. The second-order valence-electron chi connectivity index (χ2n) is 4.99. The molecule has 1 amide bonds. The van der Waals surface area contributed by atoms with Crippen LogP contribution in [0.15, 0.2) is 0 Å². The van der Waals surface area contributed by atoms with Crippen LogP contribution < -0.4 is 4.72 Å². The number of carbonyl (C=O) groups is 3. The highest BCUT2D eigenvalue weighted by Crippen LogP contribution is 2.26. The van der Waals surface area contributed by atoms with Crippen LogP contribution in [0.3, 0.4) is 0 Å². The lowest BCUT2D eigenvalue weighted by molar-refractivity contribution is -0.137. The number of nitrogens with zero attached hydrogens (tertiary/aromatic N) is 1. The zero-order chi connectivity index (χ0) is 16.3. The van der Waals surface area contributed by atoms with E-state index in [1.54, 1.807) is 6.92 Å². The first-order valence-electron chi connectivity index (χ1n) is 6.19. The van der Waals surface area contributed by atoms with Gasteiger partial charge in [-0.25, -0.2) is 17.9 Å². The summed E-state index contributed by atoms with van der Waals surface area (Å²) in [5.74, 6) is -1.84. The van der Waals surface area contributed by atoms with Gasteiger partial charge in [-0.05, 0) is 19.8 Å². The number of amides is 1. The van der Waals surface area contributed by atoms with Crippen LogP contribution >= 0.6 is 0 Å². The summed E-state index contributed by atoms with van der Waals surface area (Å²) in [6.45, 7) is 1.61. The van der Waals surface area contributed by atoms with Gasteiger partial charge in [0.15, 0.2) is 5.75 Å². The van der Waals surface area contributed by atoms with E-state index < -0.39 is 39.4 Å². The molecule has 0 aliphatic carbocycles. The standard InChI is InChI=1S/C11H18N2O7S/c1-8-5-11(7-14,3-4-13(8)10(16)17)12-21(18,19)6-9(15)20-2/h7-8,12H,3-6H2,1-2H3,(H,16,17)/t8-,11+/m0/s1. The van der Waals surface area contributed by atoms with E-state index in [1.165, 1.54) is 0 Å². The molecule has 21 heavy (non-hydrogen) atoms. The fraction of sp³-hybridized carbons (Fsp3) is 0.727. The maximum Gasteiger partial charge on any atom is 0.407 e. The predicted molar refractivity (Wildman–Crippen MR) is 71.2 cm³/mol.